The van der Waals surface area contributed by atoms with Crippen molar-refractivity contribution < 1.29 is 37.6 Å². The lowest BCUT2D eigenvalue weighted by molar-refractivity contribution is -0.161. The van der Waals surface area contributed by atoms with Crippen molar-refractivity contribution >= 4 is 19.8 Å². The maximum Gasteiger partial charge on any atom is 0.472 e. The summed E-state index contributed by atoms with van der Waals surface area (Å²) < 4.78 is 32.7. The fourth-order valence-electron chi connectivity index (χ4n) is 5.23. The molecule has 0 spiro atoms. The van der Waals surface area contributed by atoms with E-state index in [9.17, 15) is 19.0 Å². The Morgan fingerprint density at radius 1 is 0.608 bits per heavy atom. The molecule has 51 heavy (non-hydrogen) atoms. The molecule has 0 aromatic rings. The van der Waals surface area contributed by atoms with E-state index in [1.54, 1.807) is 0 Å². The molecule has 0 saturated heterocycles. The fourth-order valence-corrected chi connectivity index (χ4v) is 6.00. The van der Waals surface area contributed by atoms with E-state index in [4.69, 9.17) is 24.3 Å². The number of phosphoric ester groups is 1. The van der Waals surface area contributed by atoms with Gasteiger partial charge in [-0.15, -0.1) is 0 Å². The Bertz CT molecular complexity index is 981. The van der Waals surface area contributed by atoms with Crippen molar-refractivity contribution in [1.29, 1.82) is 0 Å². The minimum absolute atomic E-state index is 0.0480. The van der Waals surface area contributed by atoms with Crippen LogP contribution >= 0.6 is 7.82 Å². The van der Waals surface area contributed by atoms with Crippen LogP contribution in [-0.4, -0.2) is 49.3 Å². The molecule has 0 aliphatic carbocycles. The average molecular weight is 740 g/mol. The van der Waals surface area contributed by atoms with Gasteiger partial charge in [0.2, 0.25) is 0 Å². The number of carbonyl (C=O) groups excluding carboxylic acids is 2. The molecule has 0 aromatic heterocycles. The van der Waals surface area contributed by atoms with Gasteiger partial charge in [-0.3, -0.25) is 18.6 Å². The van der Waals surface area contributed by atoms with Crippen molar-refractivity contribution in [2.24, 2.45) is 5.73 Å². The first-order valence-electron chi connectivity index (χ1n) is 20.1. The molecule has 10 heteroatoms. The molecule has 3 N–H and O–H groups in total. The van der Waals surface area contributed by atoms with Gasteiger partial charge in [-0.1, -0.05) is 133 Å². The van der Waals surface area contributed by atoms with E-state index in [0.717, 1.165) is 83.5 Å². The third kappa shape index (κ3) is 37.5. The topological polar surface area (TPSA) is 134 Å². The first-order chi connectivity index (χ1) is 24.8. The van der Waals surface area contributed by atoms with Crippen molar-refractivity contribution in [2.75, 3.05) is 26.4 Å². The number of hydrogen-bond acceptors (Lipinski definition) is 8. The average Bonchev–Trinajstić information content (AvgIpc) is 3.11. The van der Waals surface area contributed by atoms with E-state index >= 15 is 0 Å². The van der Waals surface area contributed by atoms with Gasteiger partial charge < -0.3 is 20.1 Å². The molecule has 2 atom stereocenters. The number of nitrogens with two attached hydrogens (primary N) is 1. The van der Waals surface area contributed by atoms with Gasteiger partial charge in [0.1, 0.15) is 6.61 Å². The first kappa shape index (κ1) is 49.0. The number of phosphoric acid groups is 1. The number of ether oxygens (including phenoxy) is 2. The molecule has 0 rings (SSSR count). The van der Waals surface area contributed by atoms with E-state index in [1.807, 2.05) is 0 Å². The van der Waals surface area contributed by atoms with Crippen molar-refractivity contribution in [3.63, 3.8) is 0 Å². The third-order valence-corrected chi connectivity index (χ3v) is 9.18. The number of unbranched alkanes of at least 4 members (excludes halogenated alkanes) is 16. The summed E-state index contributed by atoms with van der Waals surface area (Å²) in [6.07, 6.45) is 41.4. The molecular formula is C41H74NO8P. The highest BCUT2D eigenvalue weighted by Gasteiger charge is 2.25. The normalized spacial score (nSPS) is 13.9. The zero-order valence-electron chi connectivity index (χ0n) is 32.3. The SMILES string of the molecule is CC/C=C\C/C=C\C/C=C\CCCCCCCC(=O)OC[C@H](COP(=O)(O)OCCN)OC(=O)CCCCCCC/C=C\CCCCCCCC. The Morgan fingerprint density at radius 2 is 1.08 bits per heavy atom. The molecular weight excluding hydrogens is 665 g/mol. The molecule has 0 heterocycles. The number of rotatable bonds is 37. The largest absolute Gasteiger partial charge is 0.472 e. The standard InChI is InChI=1S/C41H74NO8P/c1-3-5-7-9-11-13-15-17-19-21-23-25-27-29-31-33-40(43)47-37-39(38-49-51(45,46)48-36-35-42)50-41(44)34-32-30-28-26-24-22-20-18-16-14-12-10-8-6-4-2/h5,7,11,13,17-20,39H,3-4,6,8-10,12,14-16,21-38,42H2,1-2H3,(H,45,46)/b7-5-,13-11-,19-17-,20-18-/t39-/m1/s1. The van der Waals surface area contributed by atoms with Gasteiger partial charge in [0.15, 0.2) is 6.10 Å². The van der Waals surface area contributed by atoms with Crippen LogP contribution in [-0.2, 0) is 32.7 Å². The van der Waals surface area contributed by atoms with E-state index in [0.29, 0.717) is 12.8 Å². The van der Waals surface area contributed by atoms with E-state index in [-0.39, 0.29) is 32.6 Å². The van der Waals surface area contributed by atoms with Gasteiger partial charge in [-0.25, -0.2) is 4.57 Å². The maximum atomic E-state index is 12.5. The summed E-state index contributed by atoms with van der Waals surface area (Å²) in [7, 11) is -4.38. The minimum Gasteiger partial charge on any atom is -0.462 e. The predicted octanol–water partition coefficient (Wildman–Crippen LogP) is 11.2. The number of hydrogen-bond donors (Lipinski definition) is 2. The quantitative estimate of drug-likeness (QED) is 0.0276. The third-order valence-electron chi connectivity index (χ3n) is 8.20. The highest BCUT2D eigenvalue weighted by molar-refractivity contribution is 7.47. The lowest BCUT2D eigenvalue weighted by Gasteiger charge is -2.19. The molecule has 0 saturated carbocycles. The van der Waals surface area contributed by atoms with Gasteiger partial charge in [-0.05, 0) is 70.6 Å². The Labute approximate surface area is 311 Å². The molecule has 0 aromatic carbocycles. The number of carbonyl (C=O) groups is 2. The predicted molar refractivity (Wildman–Crippen MR) is 210 cm³/mol. The zero-order valence-corrected chi connectivity index (χ0v) is 33.2. The smallest absolute Gasteiger partial charge is 0.462 e. The highest BCUT2D eigenvalue weighted by atomic mass is 31.2. The Hall–Kier alpha value is -2.03. The van der Waals surface area contributed by atoms with E-state index < -0.39 is 32.5 Å². The summed E-state index contributed by atoms with van der Waals surface area (Å²) in [4.78, 5) is 34.8. The van der Waals surface area contributed by atoms with E-state index in [2.05, 4.69) is 62.5 Å². The van der Waals surface area contributed by atoms with Gasteiger partial charge >= 0.3 is 19.8 Å². The van der Waals surface area contributed by atoms with Crippen LogP contribution in [0.3, 0.4) is 0 Å². The van der Waals surface area contributed by atoms with Crippen LogP contribution in [0.15, 0.2) is 48.6 Å². The molecule has 0 aliphatic heterocycles. The monoisotopic (exact) mass is 740 g/mol. The van der Waals surface area contributed by atoms with Crippen LogP contribution in [0, 0.1) is 0 Å². The van der Waals surface area contributed by atoms with Gasteiger partial charge in [0.25, 0.3) is 0 Å². The fraction of sp³-hybridized carbons (Fsp3) is 0.756. The summed E-state index contributed by atoms with van der Waals surface area (Å²) >= 11 is 0. The Morgan fingerprint density at radius 3 is 1.63 bits per heavy atom. The van der Waals surface area contributed by atoms with Crippen molar-refractivity contribution in [3.05, 3.63) is 48.6 Å². The molecule has 0 bridgehead atoms. The molecule has 9 nitrogen and oxygen atoms in total. The Balaban J connectivity index is 4.24. The zero-order chi connectivity index (χ0) is 37.5. The Kier molecular flexibility index (Phi) is 36.2. The van der Waals surface area contributed by atoms with Crippen LogP contribution in [0.25, 0.3) is 0 Å². The van der Waals surface area contributed by atoms with Crippen molar-refractivity contribution in [1.82, 2.24) is 0 Å². The van der Waals surface area contributed by atoms with Gasteiger partial charge in [0.05, 0.1) is 13.2 Å². The molecule has 0 amide bonds. The summed E-state index contributed by atoms with van der Waals surface area (Å²) in [5.74, 6) is -0.861. The van der Waals surface area contributed by atoms with Crippen molar-refractivity contribution in [2.45, 2.75) is 174 Å². The summed E-state index contributed by atoms with van der Waals surface area (Å²) in [6, 6.07) is 0. The second-order valence-corrected chi connectivity index (χ2v) is 14.6. The summed E-state index contributed by atoms with van der Waals surface area (Å²) in [6.45, 7) is 3.57. The summed E-state index contributed by atoms with van der Waals surface area (Å²) in [5.41, 5.74) is 5.33. The maximum absolute atomic E-state index is 12.5. The molecule has 296 valence electrons. The van der Waals surface area contributed by atoms with Gasteiger partial charge in [0, 0.05) is 19.4 Å². The van der Waals surface area contributed by atoms with Gasteiger partial charge in [-0.2, -0.15) is 0 Å². The minimum atomic E-state index is -4.38. The van der Waals surface area contributed by atoms with Crippen molar-refractivity contribution in [3.8, 4) is 0 Å². The number of allylic oxidation sites excluding steroid dienone is 8. The van der Waals surface area contributed by atoms with Crippen LogP contribution in [0.1, 0.15) is 168 Å². The lowest BCUT2D eigenvalue weighted by atomic mass is 10.1. The molecule has 0 aliphatic rings. The molecule has 0 fully saturated rings. The van der Waals surface area contributed by atoms with Crippen LogP contribution in [0.5, 0.6) is 0 Å². The highest BCUT2D eigenvalue weighted by Crippen LogP contribution is 2.43. The number of esters is 2. The lowest BCUT2D eigenvalue weighted by Crippen LogP contribution is -2.29. The first-order valence-corrected chi connectivity index (χ1v) is 21.6. The van der Waals surface area contributed by atoms with E-state index in [1.165, 1.54) is 44.9 Å². The second kappa shape index (κ2) is 37.7. The summed E-state index contributed by atoms with van der Waals surface area (Å²) in [5, 5.41) is 0. The molecule has 0 radical (unpaired) electrons. The van der Waals surface area contributed by atoms with Crippen LogP contribution in [0.2, 0.25) is 0 Å². The second-order valence-electron chi connectivity index (χ2n) is 13.1. The van der Waals surface area contributed by atoms with Crippen LogP contribution < -0.4 is 5.73 Å². The van der Waals surface area contributed by atoms with Crippen LogP contribution in [0.4, 0.5) is 0 Å². The molecule has 1 unspecified atom stereocenters.